The first kappa shape index (κ1) is 248. The van der Waals surface area contributed by atoms with Gasteiger partial charge in [0.25, 0.3) is 0 Å². The van der Waals surface area contributed by atoms with Crippen molar-refractivity contribution in [2.24, 2.45) is 0 Å². The molecule has 0 aromatic heterocycles. The Bertz CT molecular complexity index is 3.25. The quantitative estimate of drug-likeness (QED) is 0.397. The maximum absolute atomic E-state index is 0. The summed E-state index contributed by atoms with van der Waals surface area (Å²) in [7, 11) is 0. The Kier molecular flexibility index (Phi) is 6060. The van der Waals surface area contributed by atoms with Crippen molar-refractivity contribution in [3.05, 3.63) is 0 Å². The Morgan fingerprint density at radius 2 is 0.750 bits per heavy atom. The van der Waals surface area contributed by atoms with Gasteiger partial charge in [0.05, 0.1) is 0 Å². The molecule has 0 saturated carbocycles. The van der Waals surface area contributed by atoms with Crippen LogP contribution < -0.4 is 0 Å². The van der Waals surface area contributed by atoms with Crippen LogP contribution in [0.5, 0.6) is 0 Å². The summed E-state index contributed by atoms with van der Waals surface area (Å²) in [6.07, 6.45) is 0. The molecule has 4 heavy (non-hydrogen) atoms. The Morgan fingerprint density at radius 3 is 0.750 bits per heavy atom. The van der Waals surface area contributed by atoms with Gasteiger partial charge in [-0.3, -0.25) is 0 Å². The molecule has 0 aliphatic heterocycles. The zero-order chi connectivity index (χ0) is 0. The third-order valence-electron chi connectivity index (χ3n) is 0. The van der Waals surface area contributed by atoms with E-state index in [1.54, 1.807) is 0 Å². The van der Waals surface area contributed by atoms with Gasteiger partial charge in [0, 0.05) is 0 Å². The molecule has 0 unspecified atom stereocenters. The van der Waals surface area contributed by atoms with Crippen molar-refractivity contribution in [3.8, 4) is 0 Å². The Hall–Kier alpha value is 0.464. The van der Waals surface area contributed by atoms with Crippen molar-refractivity contribution in [1.29, 1.82) is 0 Å². The standard InChI is InChI=1S/3O.V/q-2;2*+2;+5. The van der Waals surface area contributed by atoms with Gasteiger partial charge in [0.15, 0.2) is 0 Å². The van der Waals surface area contributed by atoms with Gasteiger partial charge in [0.1, 0.15) is 0 Å². The van der Waals surface area contributed by atoms with E-state index in [2.05, 4.69) is 0 Å². The predicted molar refractivity (Wildman–Crippen MR) is 2.06 cm³/mol. The first-order chi connectivity index (χ1) is 0. The molecule has 16 valence electrons. The monoisotopic (exact) mass is 98.9 g/mol. The summed E-state index contributed by atoms with van der Waals surface area (Å²) in [6.45, 7) is 0. The third kappa shape index (κ3) is 24.5. The molecule has 4 heteroatoms. The van der Waals surface area contributed by atoms with Crippen molar-refractivity contribution in [2.45, 2.75) is 0 Å². The van der Waals surface area contributed by atoms with Gasteiger partial charge >= 0.3 is 29.5 Å². The molecule has 0 rings (SSSR count). The number of hydrogen-bond acceptors (Lipinski definition) is 0. The molecule has 0 aliphatic rings. The van der Waals surface area contributed by atoms with Crippen molar-refractivity contribution in [2.75, 3.05) is 0 Å². The van der Waals surface area contributed by atoms with Crippen LogP contribution in [0.25, 0.3) is 0 Å². The molecule has 0 heterocycles. The van der Waals surface area contributed by atoms with E-state index in [1.807, 2.05) is 0 Å². The predicted octanol–water partition coefficient (Wildman–Crippen LogP) is -0.359. The van der Waals surface area contributed by atoms with Gasteiger partial charge in [-0.15, -0.1) is 0 Å². The maximum Gasteiger partial charge on any atom is 5.00 e. The Labute approximate surface area is 35.8 Å². The second kappa shape index (κ2) is 97.6. The summed E-state index contributed by atoms with van der Waals surface area (Å²) in [4.78, 5) is 0. The van der Waals surface area contributed by atoms with Gasteiger partial charge in [0.2, 0.25) is 0 Å². The number of rotatable bonds is 0. The van der Waals surface area contributed by atoms with E-state index >= 15 is 0 Å². The Balaban J connectivity index is 0. The van der Waals surface area contributed by atoms with Gasteiger partial charge in [-0.1, -0.05) is 0 Å². The maximum atomic E-state index is 0. The van der Waals surface area contributed by atoms with Crippen LogP contribution in [0.1, 0.15) is 0 Å². The van der Waals surface area contributed by atoms with E-state index in [-0.39, 0.29) is 35.0 Å². The summed E-state index contributed by atoms with van der Waals surface area (Å²) in [6, 6.07) is 0. The van der Waals surface area contributed by atoms with Gasteiger partial charge < -0.3 is 5.48 Å². The zero-order valence-corrected chi connectivity index (χ0v) is 3.07. The van der Waals surface area contributed by atoms with Crippen molar-refractivity contribution in [1.82, 2.24) is 0 Å². The molecule has 8 radical (unpaired) electrons. The second-order valence-corrected chi connectivity index (χ2v) is 0. The fraction of sp³-hybridized carbons (Fsp3) is 0. The molecule has 0 amide bonds. The molecular formula is O3V+7. The molecule has 0 atom stereocenters. The SMILES string of the molecule is [O+2].[O+2].[O-2].[V+5]. The summed E-state index contributed by atoms with van der Waals surface area (Å²) in [5.74, 6) is 0. The molecule has 0 saturated heterocycles. The fourth-order valence-electron chi connectivity index (χ4n) is 0. The zero-order valence-electron chi connectivity index (χ0n) is 1.67. The van der Waals surface area contributed by atoms with Crippen molar-refractivity contribution < 1.29 is 35.0 Å². The molecule has 0 bridgehead atoms. The second-order valence-electron chi connectivity index (χ2n) is 0. The molecule has 0 aromatic rings. The van der Waals surface area contributed by atoms with E-state index in [0.29, 0.717) is 0 Å². The van der Waals surface area contributed by atoms with Crippen molar-refractivity contribution >= 4 is 0 Å². The minimum absolute atomic E-state index is 0. The van der Waals surface area contributed by atoms with Crippen LogP contribution in [0.15, 0.2) is 0 Å². The first-order valence-electron chi connectivity index (χ1n) is 0. The van der Waals surface area contributed by atoms with E-state index in [9.17, 15) is 0 Å². The average molecular weight is 98.9 g/mol. The summed E-state index contributed by atoms with van der Waals surface area (Å²) in [5.41, 5.74) is 0. The topological polar surface area (TPSA) is 85.5 Å². The van der Waals surface area contributed by atoms with E-state index < -0.39 is 0 Å². The van der Waals surface area contributed by atoms with E-state index in [0.717, 1.165) is 0 Å². The molecule has 0 aromatic carbocycles. The van der Waals surface area contributed by atoms with E-state index in [4.69, 9.17) is 0 Å². The van der Waals surface area contributed by atoms with Gasteiger partial charge in [-0.05, 0) is 0 Å². The normalized spacial score (nSPS) is 0. The molecular weight excluding hydrogens is 98.9 g/mol. The average Bonchev–Trinajstić information content (AvgIpc) is 0. The molecule has 3 nitrogen and oxygen atoms in total. The van der Waals surface area contributed by atoms with Crippen LogP contribution in [0.2, 0.25) is 0 Å². The largest absolute Gasteiger partial charge is 5.00 e. The van der Waals surface area contributed by atoms with Crippen LogP contribution in [0.4, 0.5) is 0 Å². The van der Waals surface area contributed by atoms with Gasteiger partial charge in [-0.25, -0.2) is 0 Å². The summed E-state index contributed by atoms with van der Waals surface area (Å²) in [5, 5.41) is 0. The summed E-state index contributed by atoms with van der Waals surface area (Å²) >= 11 is 0. The van der Waals surface area contributed by atoms with E-state index in [1.165, 1.54) is 0 Å². The van der Waals surface area contributed by atoms with Crippen LogP contribution in [-0.4, -0.2) is 0 Å². The summed E-state index contributed by atoms with van der Waals surface area (Å²) < 4.78 is 0. The van der Waals surface area contributed by atoms with Gasteiger partial charge in [-0.2, -0.15) is 0 Å². The fourth-order valence-corrected chi connectivity index (χ4v) is 0. The van der Waals surface area contributed by atoms with Crippen LogP contribution in [0, 0.1) is 0 Å². The minimum Gasteiger partial charge on any atom is -2.00 e. The Morgan fingerprint density at radius 1 is 0.750 bits per heavy atom. The molecule has 0 aliphatic carbocycles. The first-order valence-corrected chi connectivity index (χ1v) is 0. The van der Waals surface area contributed by atoms with Crippen LogP contribution >= 0.6 is 0 Å². The molecule has 0 spiro atoms. The van der Waals surface area contributed by atoms with Crippen molar-refractivity contribution in [3.63, 3.8) is 0 Å². The number of hydrogen-bond donors (Lipinski definition) is 0. The third-order valence-corrected chi connectivity index (χ3v) is 0. The van der Waals surface area contributed by atoms with Crippen LogP contribution in [-0.2, 0) is 35.0 Å². The minimum atomic E-state index is 0. The molecule has 0 N–H and O–H groups in total. The smallest absolute Gasteiger partial charge is 2.00 e. The molecule has 0 fully saturated rings. The van der Waals surface area contributed by atoms with Crippen LogP contribution in [0.3, 0.4) is 0 Å².